The Morgan fingerprint density at radius 3 is 2.65 bits per heavy atom. The molecular formula is C28H26N4O2. The fraction of sp³-hybridized carbons (Fsp3) is 0.214. The third-order valence-corrected chi connectivity index (χ3v) is 6.58. The number of ether oxygens (including phenoxy) is 1. The monoisotopic (exact) mass is 450 g/mol. The van der Waals surface area contributed by atoms with E-state index in [0.717, 1.165) is 34.8 Å². The highest BCUT2D eigenvalue weighted by Gasteiger charge is 2.26. The fourth-order valence-electron chi connectivity index (χ4n) is 4.71. The number of aliphatic hydroxyl groups is 1. The second-order valence-corrected chi connectivity index (χ2v) is 8.98. The molecule has 0 saturated heterocycles. The third-order valence-electron chi connectivity index (χ3n) is 6.58. The van der Waals surface area contributed by atoms with Gasteiger partial charge in [-0.25, -0.2) is 4.98 Å². The highest BCUT2D eigenvalue weighted by Crippen LogP contribution is 2.38. The highest BCUT2D eigenvalue weighted by molar-refractivity contribution is 5.91. The smallest absolute Gasteiger partial charge is 0.158 e. The molecule has 1 aliphatic rings. The fourth-order valence-corrected chi connectivity index (χ4v) is 4.71. The number of para-hydroxylation sites is 1. The van der Waals surface area contributed by atoms with Crippen LogP contribution in [0.15, 0.2) is 73.4 Å². The van der Waals surface area contributed by atoms with Crippen LogP contribution in [-0.4, -0.2) is 31.3 Å². The molecule has 0 radical (unpaired) electrons. The number of aliphatic hydroxyl groups excluding tert-OH is 1. The van der Waals surface area contributed by atoms with Crippen molar-refractivity contribution in [2.75, 3.05) is 7.11 Å². The molecule has 1 fully saturated rings. The van der Waals surface area contributed by atoms with Crippen LogP contribution in [0.2, 0.25) is 0 Å². The van der Waals surface area contributed by atoms with Gasteiger partial charge in [0.05, 0.1) is 30.6 Å². The molecule has 1 saturated carbocycles. The molecule has 0 spiro atoms. The first kappa shape index (κ1) is 20.5. The lowest BCUT2D eigenvalue weighted by molar-refractivity contribution is 0.417. The van der Waals surface area contributed by atoms with Gasteiger partial charge in [0, 0.05) is 29.2 Å². The van der Waals surface area contributed by atoms with E-state index in [2.05, 4.69) is 51.0 Å². The largest absolute Gasteiger partial charge is 0.508 e. The average molecular weight is 451 g/mol. The van der Waals surface area contributed by atoms with Crippen LogP contribution in [0, 0.1) is 5.92 Å². The van der Waals surface area contributed by atoms with Crippen molar-refractivity contribution in [3.05, 3.63) is 84.7 Å². The van der Waals surface area contributed by atoms with Gasteiger partial charge in [-0.3, -0.25) is 4.98 Å². The van der Waals surface area contributed by atoms with Crippen LogP contribution in [0.25, 0.3) is 39.2 Å². The number of hydrogen-bond acceptors (Lipinski definition) is 4. The van der Waals surface area contributed by atoms with E-state index < -0.39 is 0 Å². The van der Waals surface area contributed by atoms with Gasteiger partial charge in [0.1, 0.15) is 17.0 Å². The molecule has 2 aromatic carbocycles. The lowest BCUT2D eigenvalue weighted by Crippen LogP contribution is -2.08. The van der Waals surface area contributed by atoms with Crippen LogP contribution in [0.1, 0.15) is 24.1 Å². The first-order chi connectivity index (χ1) is 16.6. The minimum Gasteiger partial charge on any atom is -0.508 e. The molecule has 1 N–H and O–H groups in total. The summed E-state index contributed by atoms with van der Waals surface area (Å²) >= 11 is 0. The Bertz CT molecular complexity index is 1530. The molecule has 6 heteroatoms. The van der Waals surface area contributed by atoms with Crippen LogP contribution in [-0.2, 0) is 13.1 Å². The highest BCUT2D eigenvalue weighted by atomic mass is 16.5. The Kier molecular flexibility index (Phi) is 4.87. The Morgan fingerprint density at radius 2 is 1.91 bits per heavy atom. The maximum atomic E-state index is 10.1. The molecule has 0 unspecified atom stereocenters. The molecule has 3 heterocycles. The van der Waals surface area contributed by atoms with Gasteiger partial charge < -0.3 is 19.0 Å². The van der Waals surface area contributed by atoms with Crippen molar-refractivity contribution in [3.8, 4) is 17.3 Å². The molecule has 0 bridgehead atoms. The number of nitrogens with zero attached hydrogens (tertiary/aromatic N) is 4. The number of benzene rings is 2. The van der Waals surface area contributed by atoms with Crippen molar-refractivity contribution in [1.29, 1.82) is 0 Å². The van der Waals surface area contributed by atoms with E-state index in [4.69, 9.17) is 9.72 Å². The van der Waals surface area contributed by atoms with E-state index in [9.17, 15) is 5.11 Å². The number of imidazole rings is 1. The van der Waals surface area contributed by atoms with E-state index in [-0.39, 0.29) is 5.76 Å². The van der Waals surface area contributed by atoms with Crippen molar-refractivity contribution < 1.29 is 9.84 Å². The van der Waals surface area contributed by atoms with Crippen LogP contribution in [0.4, 0.5) is 0 Å². The summed E-state index contributed by atoms with van der Waals surface area (Å²) in [4.78, 5) is 9.67. The Morgan fingerprint density at radius 1 is 1.09 bits per heavy atom. The predicted octanol–water partition coefficient (Wildman–Crippen LogP) is 6.05. The maximum Gasteiger partial charge on any atom is 0.158 e. The summed E-state index contributed by atoms with van der Waals surface area (Å²) in [5.41, 5.74) is 5.45. The lowest BCUT2D eigenvalue weighted by atomic mass is 10.1. The summed E-state index contributed by atoms with van der Waals surface area (Å²) in [6.45, 7) is 5.22. The van der Waals surface area contributed by atoms with Gasteiger partial charge in [0.15, 0.2) is 5.82 Å². The number of hydrogen-bond donors (Lipinski definition) is 1. The number of aromatic nitrogens is 4. The molecule has 5 aromatic rings. The van der Waals surface area contributed by atoms with Crippen LogP contribution < -0.4 is 4.74 Å². The molecule has 0 amide bonds. The van der Waals surface area contributed by atoms with Crippen LogP contribution >= 0.6 is 0 Å². The van der Waals surface area contributed by atoms with Crippen molar-refractivity contribution in [1.82, 2.24) is 19.1 Å². The Labute approximate surface area is 197 Å². The molecule has 0 atom stereocenters. The topological polar surface area (TPSA) is 65.1 Å². The molecule has 6 nitrogen and oxygen atoms in total. The van der Waals surface area contributed by atoms with Crippen molar-refractivity contribution in [2.24, 2.45) is 5.92 Å². The normalized spacial score (nSPS) is 13.6. The summed E-state index contributed by atoms with van der Waals surface area (Å²) in [5.74, 6) is 2.20. The van der Waals surface area contributed by atoms with E-state index in [1.165, 1.54) is 23.7 Å². The Balaban J connectivity index is 1.64. The van der Waals surface area contributed by atoms with E-state index in [1.54, 1.807) is 7.11 Å². The summed E-state index contributed by atoms with van der Waals surface area (Å²) in [7, 11) is 1.64. The first-order valence-corrected chi connectivity index (χ1v) is 11.6. The number of rotatable bonds is 7. The van der Waals surface area contributed by atoms with Gasteiger partial charge in [0.2, 0.25) is 0 Å². The van der Waals surface area contributed by atoms with Gasteiger partial charge in [-0.05, 0) is 55.2 Å². The zero-order chi connectivity index (χ0) is 23.2. The molecule has 6 rings (SSSR count). The minimum atomic E-state index is -0.0103. The standard InChI is InChI=1S/C28H26N4O2/c1-18(33)21-13-23-27(26(15-21)34-2)32(17-22-8-5-6-12-29-22)28(30-23)25-14-20-7-3-4-9-24(20)31(25)16-19-10-11-19/h3-9,12-15,19,33H,1,10-11,16-17H2,2H3. The molecule has 34 heavy (non-hydrogen) atoms. The van der Waals surface area contributed by atoms with E-state index in [1.807, 2.05) is 36.5 Å². The molecule has 0 aliphatic heterocycles. The number of methoxy groups -OCH3 is 1. The zero-order valence-corrected chi connectivity index (χ0v) is 19.1. The van der Waals surface area contributed by atoms with E-state index >= 15 is 0 Å². The average Bonchev–Trinajstić information content (AvgIpc) is 3.51. The Hall–Kier alpha value is -4.06. The summed E-state index contributed by atoms with van der Waals surface area (Å²) in [5, 5.41) is 11.3. The number of pyridine rings is 1. The van der Waals surface area contributed by atoms with Crippen LogP contribution in [0.3, 0.4) is 0 Å². The van der Waals surface area contributed by atoms with E-state index in [0.29, 0.717) is 23.8 Å². The summed E-state index contributed by atoms with van der Waals surface area (Å²) < 4.78 is 10.4. The SMILES string of the molecule is C=C(O)c1cc(OC)c2c(c1)nc(-c1cc3ccccc3n1CC1CC1)n2Cc1ccccn1. The molecular weight excluding hydrogens is 424 g/mol. The lowest BCUT2D eigenvalue weighted by Gasteiger charge is -2.14. The molecule has 170 valence electrons. The molecule has 3 aromatic heterocycles. The second-order valence-electron chi connectivity index (χ2n) is 8.98. The second kappa shape index (κ2) is 8.06. The quantitative estimate of drug-likeness (QED) is 0.307. The zero-order valence-electron chi connectivity index (χ0n) is 19.1. The van der Waals surface area contributed by atoms with Crippen molar-refractivity contribution in [3.63, 3.8) is 0 Å². The van der Waals surface area contributed by atoms with Crippen molar-refractivity contribution >= 4 is 27.7 Å². The van der Waals surface area contributed by atoms with Gasteiger partial charge in [-0.1, -0.05) is 30.8 Å². The van der Waals surface area contributed by atoms with Gasteiger partial charge >= 0.3 is 0 Å². The first-order valence-electron chi connectivity index (χ1n) is 11.6. The minimum absolute atomic E-state index is 0.0103. The predicted molar refractivity (Wildman–Crippen MR) is 135 cm³/mol. The van der Waals surface area contributed by atoms with Gasteiger partial charge in [-0.15, -0.1) is 0 Å². The maximum absolute atomic E-state index is 10.1. The summed E-state index contributed by atoms with van der Waals surface area (Å²) in [6, 6.07) is 20.3. The van der Waals surface area contributed by atoms with Crippen molar-refractivity contribution in [2.45, 2.75) is 25.9 Å². The van der Waals surface area contributed by atoms with Gasteiger partial charge in [-0.2, -0.15) is 0 Å². The number of fused-ring (bicyclic) bond motifs is 2. The summed E-state index contributed by atoms with van der Waals surface area (Å²) in [6.07, 6.45) is 4.35. The molecule has 1 aliphatic carbocycles. The third kappa shape index (κ3) is 3.52. The van der Waals surface area contributed by atoms with Gasteiger partial charge in [0.25, 0.3) is 0 Å². The van der Waals surface area contributed by atoms with Crippen LogP contribution in [0.5, 0.6) is 5.75 Å².